The molecule has 0 aromatic carbocycles. The summed E-state index contributed by atoms with van der Waals surface area (Å²) in [6.45, 7) is 7.98. The Labute approximate surface area is 144 Å². The molecule has 2 saturated carbocycles. The molecule has 0 heterocycles. The molecular formula is C20H30O4. The Hall–Kier alpha value is -1.16. The first-order chi connectivity index (χ1) is 11.0. The van der Waals surface area contributed by atoms with Crippen LogP contribution in [0.4, 0.5) is 0 Å². The van der Waals surface area contributed by atoms with Crippen LogP contribution in [-0.4, -0.2) is 27.6 Å². The van der Waals surface area contributed by atoms with Gasteiger partial charge in [-0.3, -0.25) is 9.59 Å². The van der Waals surface area contributed by atoms with Crippen LogP contribution in [0.3, 0.4) is 0 Å². The Morgan fingerprint density at radius 1 is 1.25 bits per heavy atom. The molecule has 0 amide bonds. The molecule has 0 unspecified atom stereocenters. The van der Waals surface area contributed by atoms with Crippen LogP contribution in [-0.2, 0) is 9.59 Å². The minimum absolute atomic E-state index is 0.0515. The lowest BCUT2D eigenvalue weighted by Crippen LogP contribution is -2.57. The average Bonchev–Trinajstić information content (AvgIpc) is 2.49. The van der Waals surface area contributed by atoms with Gasteiger partial charge in [0.25, 0.3) is 0 Å². The second kappa shape index (κ2) is 5.42. The SMILES string of the molecule is CC(C)[C@]1(O)C=C2C(=O)C[C@H]3[C@](C)(CCC[C@@]3(C)C(=O)O)[C@H]2CC1. The number of aliphatic carboxylic acids is 1. The first-order valence-electron chi connectivity index (χ1n) is 9.26. The van der Waals surface area contributed by atoms with Crippen molar-refractivity contribution in [3.8, 4) is 0 Å². The first-order valence-corrected chi connectivity index (χ1v) is 9.26. The van der Waals surface area contributed by atoms with Gasteiger partial charge in [-0.25, -0.2) is 0 Å². The maximum Gasteiger partial charge on any atom is 0.309 e. The van der Waals surface area contributed by atoms with E-state index in [4.69, 9.17) is 0 Å². The summed E-state index contributed by atoms with van der Waals surface area (Å²) in [7, 11) is 0. The van der Waals surface area contributed by atoms with Crippen LogP contribution in [0.5, 0.6) is 0 Å². The predicted octanol–water partition coefficient (Wildman–Crippen LogP) is 3.58. The fourth-order valence-corrected chi connectivity index (χ4v) is 5.74. The monoisotopic (exact) mass is 334 g/mol. The molecule has 5 atom stereocenters. The van der Waals surface area contributed by atoms with Gasteiger partial charge in [0.15, 0.2) is 5.78 Å². The molecule has 0 aromatic heterocycles. The molecule has 24 heavy (non-hydrogen) atoms. The van der Waals surface area contributed by atoms with Crippen molar-refractivity contribution in [2.75, 3.05) is 0 Å². The van der Waals surface area contributed by atoms with E-state index in [2.05, 4.69) is 6.92 Å². The van der Waals surface area contributed by atoms with Crippen LogP contribution >= 0.6 is 0 Å². The van der Waals surface area contributed by atoms with Crippen LogP contribution in [0.2, 0.25) is 0 Å². The third kappa shape index (κ3) is 2.29. The molecule has 3 rings (SSSR count). The molecule has 4 nitrogen and oxygen atoms in total. The maximum absolute atomic E-state index is 12.9. The van der Waals surface area contributed by atoms with Crippen LogP contribution in [0, 0.1) is 28.6 Å². The number of hydrogen-bond donors (Lipinski definition) is 2. The van der Waals surface area contributed by atoms with E-state index in [0.717, 1.165) is 24.8 Å². The highest BCUT2D eigenvalue weighted by molar-refractivity contribution is 5.98. The van der Waals surface area contributed by atoms with Gasteiger partial charge in [0, 0.05) is 6.42 Å². The van der Waals surface area contributed by atoms with Gasteiger partial charge >= 0.3 is 5.97 Å². The minimum Gasteiger partial charge on any atom is -0.481 e. The summed E-state index contributed by atoms with van der Waals surface area (Å²) in [6, 6.07) is 0. The molecular weight excluding hydrogens is 304 g/mol. The van der Waals surface area contributed by atoms with Crippen molar-refractivity contribution < 1.29 is 19.8 Å². The van der Waals surface area contributed by atoms with Crippen LogP contribution < -0.4 is 0 Å². The van der Waals surface area contributed by atoms with E-state index in [1.54, 1.807) is 0 Å². The van der Waals surface area contributed by atoms with Crippen LogP contribution in [0.1, 0.15) is 66.2 Å². The van der Waals surface area contributed by atoms with Crippen molar-refractivity contribution in [3.05, 3.63) is 11.6 Å². The number of carboxylic acid groups (broad SMARTS) is 1. The second-order valence-electron chi connectivity index (χ2n) is 9.10. The fourth-order valence-electron chi connectivity index (χ4n) is 5.74. The van der Waals surface area contributed by atoms with E-state index in [0.29, 0.717) is 19.3 Å². The first kappa shape index (κ1) is 17.7. The molecule has 134 valence electrons. The number of carboxylic acids is 1. The van der Waals surface area contributed by atoms with Gasteiger partial charge in [-0.15, -0.1) is 0 Å². The molecule has 2 fully saturated rings. The molecule has 0 radical (unpaired) electrons. The van der Waals surface area contributed by atoms with E-state index in [9.17, 15) is 19.8 Å². The summed E-state index contributed by atoms with van der Waals surface area (Å²) in [4.78, 5) is 24.8. The Bertz CT molecular complexity index is 607. The molecule has 3 aliphatic carbocycles. The van der Waals surface area contributed by atoms with Crippen molar-refractivity contribution in [1.82, 2.24) is 0 Å². The smallest absolute Gasteiger partial charge is 0.309 e. The lowest BCUT2D eigenvalue weighted by Gasteiger charge is -2.58. The number of hydrogen-bond acceptors (Lipinski definition) is 3. The van der Waals surface area contributed by atoms with E-state index in [1.807, 2.05) is 26.8 Å². The standard InChI is InChI=1S/C20H30O4/c1-12(2)20(24)9-6-14-13(11-20)15(21)10-16-18(14,3)7-5-8-19(16,4)17(22)23/h11-12,14,16,24H,5-10H2,1-4H3,(H,22,23)/t14-,16-,18+,19+,20+/m0/s1. The summed E-state index contributed by atoms with van der Waals surface area (Å²) in [5.74, 6) is -0.679. The highest BCUT2D eigenvalue weighted by Gasteiger charge is 2.60. The number of fused-ring (bicyclic) bond motifs is 3. The third-order valence-electron chi connectivity index (χ3n) is 7.59. The van der Waals surface area contributed by atoms with E-state index in [-0.39, 0.29) is 29.0 Å². The number of rotatable bonds is 2. The van der Waals surface area contributed by atoms with E-state index >= 15 is 0 Å². The van der Waals surface area contributed by atoms with Crippen LogP contribution in [0.25, 0.3) is 0 Å². The molecule has 0 aliphatic heterocycles. The van der Waals surface area contributed by atoms with Crippen molar-refractivity contribution in [2.45, 2.75) is 71.8 Å². The molecule has 2 N–H and O–H groups in total. The maximum atomic E-state index is 12.9. The van der Waals surface area contributed by atoms with Crippen LogP contribution in [0.15, 0.2) is 11.6 Å². The summed E-state index contributed by atoms with van der Waals surface area (Å²) < 4.78 is 0. The Balaban J connectivity index is 2.05. The van der Waals surface area contributed by atoms with Gasteiger partial charge in [-0.05, 0) is 67.4 Å². The van der Waals surface area contributed by atoms with E-state index in [1.165, 1.54) is 0 Å². The zero-order valence-electron chi connectivity index (χ0n) is 15.3. The molecule has 3 aliphatic rings. The lowest BCUT2D eigenvalue weighted by atomic mass is 9.45. The quantitative estimate of drug-likeness (QED) is 0.809. The van der Waals surface area contributed by atoms with Crippen molar-refractivity contribution >= 4 is 11.8 Å². The number of ketones is 1. The summed E-state index contributed by atoms with van der Waals surface area (Å²) in [5.41, 5.74) is -1.12. The normalized spacial score (nSPS) is 45.4. The van der Waals surface area contributed by atoms with Gasteiger partial charge in [-0.2, -0.15) is 0 Å². The predicted molar refractivity (Wildman–Crippen MR) is 91.4 cm³/mol. The Kier molecular flexibility index (Phi) is 3.99. The highest BCUT2D eigenvalue weighted by atomic mass is 16.4. The molecule has 4 heteroatoms. The van der Waals surface area contributed by atoms with Crippen molar-refractivity contribution in [1.29, 1.82) is 0 Å². The summed E-state index contributed by atoms with van der Waals surface area (Å²) >= 11 is 0. The van der Waals surface area contributed by atoms with Gasteiger partial charge < -0.3 is 10.2 Å². The van der Waals surface area contributed by atoms with Gasteiger partial charge in [0.1, 0.15) is 0 Å². The lowest BCUT2D eigenvalue weighted by molar-refractivity contribution is -0.166. The summed E-state index contributed by atoms with van der Waals surface area (Å²) in [5, 5.41) is 20.7. The number of carbonyl (C=O) groups excluding carboxylic acids is 1. The van der Waals surface area contributed by atoms with Crippen molar-refractivity contribution in [2.24, 2.45) is 28.6 Å². The summed E-state index contributed by atoms with van der Waals surface area (Å²) in [6.07, 6.45) is 6.06. The molecule has 0 bridgehead atoms. The Morgan fingerprint density at radius 2 is 1.92 bits per heavy atom. The fraction of sp³-hybridized carbons (Fsp3) is 0.800. The van der Waals surface area contributed by atoms with E-state index < -0.39 is 17.0 Å². The average molecular weight is 334 g/mol. The van der Waals surface area contributed by atoms with Crippen molar-refractivity contribution in [3.63, 3.8) is 0 Å². The van der Waals surface area contributed by atoms with Gasteiger partial charge in [-0.1, -0.05) is 27.2 Å². The number of Topliss-reactive ketones (excluding diaryl/α,β-unsaturated/α-hetero) is 1. The van der Waals surface area contributed by atoms with Gasteiger partial charge in [0.05, 0.1) is 11.0 Å². The number of carbonyl (C=O) groups is 2. The zero-order valence-corrected chi connectivity index (χ0v) is 15.3. The second-order valence-corrected chi connectivity index (χ2v) is 9.10. The topological polar surface area (TPSA) is 74.6 Å². The minimum atomic E-state index is -0.907. The highest BCUT2D eigenvalue weighted by Crippen LogP contribution is 2.62. The zero-order chi connectivity index (χ0) is 17.9. The number of aliphatic hydroxyl groups is 1. The van der Waals surface area contributed by atoms with Gasteiger partial charge in [0.2, 0.25) is 0 Å². The molecule has 0 saturated heterocycles. The molecule has 0 aromatic rings. The molecule has 0 spiro atoms. The number of allylic oxidation sites excluding steroid dienone is 1. The Morgan fingerprint density at radius 3 is 2.50 bits per heavy atom. The largest absolute Gasteiger partial charge is 0.481 e. The third-order valence-corrected chi connectivity index (χ3v) is 7.59.